The summed E-state index contributed by atoms with van der Waals surface area (Å²) in [7, 11) is 0. The van der Waals surface area contributed by atoms with E-state index in [-0.39, 0.29) is 17.7 Å². The highest BCUT2D eigenvalue weighted by Gasteiger charge is 2.39. The number of carbonyl (C=O) groups is 1. The zero-order valence-corrected chi connectivity index (χ0v) is 13.5. The maximum absolute atomic E-state index is 11.9. The predicted octanol–water partition coefficient (Wildman–Crippen LogP) is 2.45. The Morgan fingerprint density at radius 2 is 2.00 bits per heavy atom. The van der Waals surface area contributed by atoms with Crippen LogP contribution in [0.3, 0.4) is 0 Å². The summed E-state index contributed by atoms with van der Waals surface area (Å²) in [4.78, 5) is 11.9. The molecule has 0 heterocycles. The van der Waals surface area contributed by atoms with E-state index in [9.17, 15) is 4.79 Å². The molecular formula is C15H30N2O3. The number of carbonyl (C=O) groups excluding carboxylic acids is 1. The van der Waals surface area contributed by atoms with Crippen LogP contribution in [0.1, 0.15) is 53.9 Å². The second-order valence-electron chi connectivity index (χ2n) is 6.70. The Morgan fingerprint density at radius 1 is 1.35 bits per heavy atom. The Morgan fingerprint density at radius 3 is 2.45 bits per heavy atom. The maximum atomic E-state index is 11.9. The number of amides is 1. The molecule has 0 aliphatic heterocycles. The summed E-state index contributed by atoms with van der Waals surface area (Å²) in [5.74, 6) is 0. The van der Waals surface area contributed by atoms with Crippen molar-refractivity contribution < 1.29 is 14.3 Å². The van der Waals surface area contributed by atoms with Crippen LogP contribution >= 0.6 is 0 Å². The molecule has 1 aliphatic carbocycles. The van der Waals surface area contributed by atoms with Crippen molar-refractivity contribution in [2.75, 3.05) is 19.8 Å². The van der Waals surface area contributed by atoms with Crippen LogP contribution in [0, 0.1) is 0 Å². The molecule has 0 aromatic rings. The van der Waals surface area contributed by atoms with Crippen molar-refractivity contribution in [3.05, 3.63) is 0 Å². The van der Waals surface area contributed by atoms with E-state index in [2.05, 4.69) is 17.6 Å². The minimum Gasteiger partial charge on any atom is -0.444 e. The van der Waals surface area contributed by atoms with Crippen LogP contribution in [-0.2, 0) is 9.47 Å². The summed E-state index contributed by atoms with van der Waals surface area (Å²) in [5.41, 5.74) is -0.604. The molecule has 1 amide bonds. The van der Waals surface area contributed by atoms with Crippen molar-refractivity contribution in [1.29, 1.82) is 0 Å². The Bertz CT molecular complexity index is 309. The molecule has 0 bridgehead atoms. The molecule has 0 aromatic heterocycles. The minimum absolute atomic E-state index is 0.150. The SMILES string of the molecule is CCOCC(C)NCC1(NC(=O)OC(C)(C)C)CCC1. The van der Waals surface area contributed by atoms with Crippen molar-refractivity contribution in [3.8, 4) is 0 Å². The van der Waals surface area contributed by atoms with Gasteiger partial charge in [-0.15, -0.1) is 0 Å². The molecule has 0 radical (unpaired) electrons. The number of rotatable bonds is 7. The molecule has 5 heteroatoms. The van der Waals surface area contributed by atoms with Crippen LogP contribution in [0.4, 0.5) is 4.79 Å². The molecule has 1 saturated carbocycles. The first kappa shape index (κ1) is 17.2. The fourth-order valence-electron chi connectivity index (χ4n) is 2.19. The van der Waals surface area contributed by atoms with Crippen molar-refractivity contribution in [2.45, 2.75) is 71.1 Å². The second kappa shape index (κ2) is 7.27. The molecule has 0 aromatic carbocycles. The summed E-state index contributed by atoms with van der Waals surface area (Å²) >= 11 is 0. The molecule has 0 spiro atoms. The van der Waals surface area contributed by atoms with Crippen LogP contribution in [0.25, 0.3) is 0 Å². The third kappa shape index (κ3) is 6.09. The lowest BCUT2D eigenvalue weighted by molar-refractivity contribution is 0.0372. The molecule has 1 rings (SSSR count). The molecule has 1 aliphatic rings. The summed E-state index contributed by atoms with van der Waals surface area (Å²) in [6, 6.07) is 0.285. The second-order valence-corrected chi connectivity index (χ2v) is 6.70. The monoisotopic (exact) mass is 286 g/mol. The third-order valence-corrected chi connectivity index (χ3v) is 3.44. The number of hydrogen-bond donors (Lipinski definition) is 2. The van der Waals surface area contributed by atoms with Gasteiger partial charge in [0.1, 0.15) is 5.60 Å². The van der Waals surface area contributed by atoms with Gasteiger partial charge in [-0.2, -0.15) is 0 Å². The fourth-order valence-corrected chi connectivity index (χ4v) is 2.19. The van der Waals surface area contributed by atoms with E-state index in [4.69, 9.17) is 9.47 Å². The van der Waals surface area contributed by atoms with Gasteiger partial charge in [-0.3, -0.25) is 0 Å². The number of ether oxygens (including phenoxy) is 2. The number of hydrogen-bond acceptors (Lipinski definition) is 4. The highest BCUT2D eigenvalue weighted by atomic mass is 16.6. The molecule has 118 valence electrons. The Balaban J connectivity index is 2.37. The van der Waals surface area contributed by atoms with Gasteiger partial charge in [-0.05, 0) is 53.9 Å². The quantitative estimate of drug-likeness (QED) is 0.755. The lowest BCUT2D eigenvalue weighted by Gasteiger charge is -2.43. The molecule has 0 saturated heterocycles. The van der Waals surface area contributed by atoms with Gasteiger partial charge in [0.15, 0.2) is 0 Å². The summed E-state index contributed by atoms with van der Waals surface area (Å²) in [6.45, 7) is 11.9. The minimum atomic E-state index is -0.454. The lowest BCUT2D eigenvalue weighted by atomic mass is 9.76. The Kier molecular flexibility index (Phi) is 6.27. The van der Waals surface area contributed by atoms with Gasteiger partial charge < -0.3 is 20.1 Å². The Labute approximate surface area is 122 Å². The van der Waals surface area contributed by atoms with E-state index in [0.29, 0.717) is 6.61 Å². The van der Waals surface area contributed by atoms with Gasteiger partial charge in [-0.25, -0.2) is 4.79 Å². The molecular weight excluding hydrogens is 256 g/mol. The summed E-state index contributed by atoms with van der Waals surface area (Å²) in [6.07, 6.45) is 2.83. The highest BCUT2D eigenvalue weighted by Crippen LogP contribution is 2.31. The maximum Gasteiger partial charge on any atom is 0.408 e. The zero-order chi connectivity index (χ0) is 15.2. The third-order valence-electron chi connectivity index (χ3n) is 3.44. The Hall–Kier alpha value is -0.810. The number of alkyl carbamates (subject to hydrolysis) is 1. The van der Waals surface area contributed by atoms with E-state index in [1.807, 2.05) is 27.7 Å². The molecule has 1 atom stereocenters. The van der Waals surface area contributed by atoms with Crippen molar-refractivity contribution in [3.63, 3.8) is 0 Å². The van der Waals surface area contributed by atoms with Crippen LogP contribution in [0.15, 0.2) is 0 Å². The normalized spacial score (nSPS) is 19.1. The average Bonchev–Trinajstić information content (AvgIpc) is 2.27. The summed E-state index contributed by atoms with van der Waals surface area (Å²) < 4.78 is 10.7. The molecule has 5 nitrogen and oxygen atoms in total. The van der Waals surface area contributed by atoms with E-state index in [1.165, 1.54) is 0 Å². The topological polar surface area (TPSA) is 59.6 Å². The molecule has 20 heavy (non-hydrogen) atoms. The fraction of sp³-hybridized carbons (Fsp3) is 0.933. The summed E-state index contributed by atoms with van der Waals surface area (Å²) in [5, 5.41) is 6.47. The average molecular weight is 286 g/mol. The highest BCUT2D eigenvalue weighted by molar-refractivity contribution is 5.69. The van der Waals surface area contributed by atoms with E-state index >= 15 is 0 Å². The molecule has 2 N–H and O–H groups in total. The standard InChI is InChI=1S/C15H30N2O3/c1-6-19-10-12(2)16-11-15(8-7-9-15)17-13(18)20-14(3,4)5/h12,16H,6-11H2,1-5H3,(H,17,18). The van der Waals surface area contributed by atoms with Crippen molar-refractivity contribution in [2.24, 2.45) is 0 Å². The van der Waals surface area contributed by atoms with E-state index in [1.54, 1.807) is 0 Å². The molecule has 1 fully saturated rings. The van der Waals surface area contributed by atoms with Crippen LogP contribution < -0.4 is 10.6 Å². The van der Waals surface area contributed by atoms with Gasteiger partial charge in [0, 0.05) is 19.2 Å². The first-order chi connectivity index (χ1) is 9.26. The lowest BCUT2D eigenvalue weighted by Crippen LogP contribution is -2.60. The van der Waals surface area contributed by atoms with Gasteiger partial charge in [0.25, 0.3) is 0 Å². The van der Waals surface area contributed by atoms with Crippen LogP contribution in [0.2, 0.25) is 0 Å². The van der Waals surface area contributed by atoms with Crippen LogP contribution in [0.5, 0.6) is 0 Å². The van der Waals surface area contributed by atoms with Crippen LogP contribution in [-0.4, -0.2) is 43.0 Å². The first-order valence-electron chi connectivity index (χ1n) is 7.59. The van der Waals surface area contributed by atoms with E-state index < -0.39 is 5.60 Å². The molecule has 1 unspecified atom stereocenters. The van der Waals surface area contributed by atoms with Crippen molar-refractivity contribution in [1.82, 2.24) is 10.6 Å². The van der Waals surface area contributed by atoms with Gasteiger partial charge in [0.05, 0.1) is 12.1 Å². The zero-order valence-electron chi connectivity index (χ0n) is 13.5. The van der Waals surface area contributed by atoms with Gasteiger partial charge in [-0.1, -0.05) is 0 Å². The van der Waals surface area contributed by atoms with Gasteiger partial charge >= 0.3 is 6.09 Å². The predicted molar refractivity (Wildman–Crippen MR) is 79.9 cm³/mol. The first-order valence-corrected chi connectivity index (χ1v) is 7.59. The van der Waals surface area contributed by atoms with E-state index in [0.717, 1.165) is 32.4 Å². The number of nitrogens with one attached hydrogen (secondary N) is 2. The van der Waals surface area contributed by atoms with Crippen molar-refractivity contribution >= 4 is 6.09 Å². The largest absolute Gasteiger partial charge is 0.444 e. The smallest absolute Gasteiger partial charge is 0.408 e. The van der Waals surface area contributed by atoms with Gasteiger partial charge in [0.2, 0.25) is 0 Å².